The number of nitrogens with zero attached hydrogens (tertiary/aromatic N) is 1. The van der Waals surface area contributed by atoms with Gasteiger partial charge in [-0.2, -0.15) is 0 Å². The van der Waals surface area contributed by atoms with Crippen LogP contribution in [0.25, 0.3) is 0 Å². The van der Waals surface area contributed by atoms with Crippen LogP contribution in [-0.4, -0.2) is 9.97 Å². The number of anilines is 2. The summed E-state index contributed by atoms with van der Waals surface area (Å²) in [7, 11) is 0. The Kier molecular flexibility index (Phi) is 5.06. The first-order valence-electron chi connectivity index (χ1n) is 7.48. The van der Waals surface area contributed by atoms with E-state index < -0.39 is 5.82 Å². The first kappa shape index (κ1) is 17.5. The third-order valence-corrected chi connectivity index (χ3v) is 4.24. The Balaban J connectivity index is 1.85. The summed E-state index contributed by atoms with van der Waals surface area (Å²) in [6.45, 7) is 1.77. The maximum absolute atomic E-state index is 13.2. The van der Waals surface area contributed by atoms with Gasteiger partial charge in [0.25, 0.3) is 5.56 Å². The molecule has 0 aliphatic rings. The molecule has 1 aromatic heterocycles. The molecule has 0 fully saturated rings. The van der Waals surface area contributed by atoms with Crippen molar-refractivity contribution in [3.8, 4) is 0 Å². The molecular weight excluding hydrogens is 364 g/mol. The maximum atomic E-state index is 13.2. The van der Waals surface area contributed by atoms with E-state index in [0.717, 1.165) is 5.56 Å². The molecule has 0 saturated heterocycles. The lowest BCUT2D eigenvalue weighted by Crippen LogP contribution is -2.18. The van der Waals surface area contributed by atoms with Crippen molar-refractivity contribution < 1.29 is 4.39 Å². The molecule has 0 spiro atoms. The summed E-state index contributed by atoms with van der Waals surface area (Å²) in [5.74, 6) is -0.242. The summed E-state index contributed by atoms with van der Waals surface area (Å²) in [6.07, 6.45) is 0.452. The third-order valence-electron chi connectivity index (χ3n) is 3.70. The summed E-state index contributed by atoms with van der Waals surface area (Å²) in [5.41, 5.74) is 2.43. The minimum Gasteiger partial charge on any atom is -0.326 e. The molecule has 0 amide bonds. The summed E-state index contributed by atoms with van der Waals surface area (Å²) < 4.78 is 13.2. The Labute approximate surface area is 153 Å². The quantitative estimate of drug-likeness (QED) is 0.682. The van der Waals surface area contributed by atoms with E-state index in [1.807, 2.05) is 12.1 Å². The molecule has 128 valence electrons. The number of benzene rings is 2. The van der Waals surface area contributed by atoms with Crippen molar-refractivity contribution in [3.63, 3.8) is 0 Å². The van der Waals surface area contributed by atoms with Gasteiger partial charge in [0, 0.05) is 22.7 Å². The van der Waals surface area contributed by atoms with Crippen LogP contribution in [0.4, 0.5) is 16.0 Å². The zero-order valence-corrected chi connectivity index (χ0v) is 14.7. The molecular formula is C18H14Cl2FN3O. The molecule has 2 N–H and O–H groups in total. The Morgan fingerprint density at radius 3 is 2.52 bits per heavy atom. The Bertz CT molecular complexity index is 971. The van der Waals surface area contributed by atoms with Gasteiger partial charge in [-0.3, -0.25) is 9.78 Å². The standard InChI is InChI=1S/C18H14Cl2FN3O/c1-10-14(8-11-2-4-12(19)5-3-11)17(25)24-18(22-10)23-13-6-7-16(21)15(20)9-13/h2-7,9H,8H2,1H3,(H2,22,23,24,25). The highest BCUT2D eigenvalue weighted by molar-refractivity contribution is 6.31. The van der Waals surface area contributed by atoms with Crippen molar-refractivity contribution in [1.29, 1.82) is 0 Å². The molecule has 0 radical (unpaired) electrons. The second-order valence-corrected chi connectivity index (χ2v) is 6.38. The highest BCUT2D eigenvalue weighted by Crippen LogP contribution is 2.21. The van der Waals surface area contributed by atoms with Crippen LogP contribution in [-0.2, 0) is 6.42 Å². The lowest BCUT2D eigenvalue weighted by Gasteiger charge is -2.10. The molecule has 0 aliphatic heterocycles. The fraction of sp³-hybridized carbons (Fsp3) is 0.111. The maximum Gasteiger partial charge on any atom is 0.256 e. The smallest absolute Gasteiger partial charge is 0.256 e. The van der Waals surface area contributed by atoms with E-state index in [1.165, 1.54) is 18.2 Å². The van der Waals surface area contributed by atoms with Crippen LogP contribution in [0.5, 0.6) is 0 Å². The molecule has 0 saturated carbocycles. The minimum absolute atomic E-state index is 0.0107. The topological polar surface area (TPSA) is 57.8 Å². The lowest BCUT2D eigenvalue weighted by atomic mass is 10.1. The van der Waals surface area contributed by atoms with Crippen molar-refractivity contribution in [2.45, 2.75) is 13.3 Å². The van der Waals surface area contributed by atoms with Gasteiger partial charge >= 0.3 is 0 Å². The molecule has 3 rings (SSSR count). The van der Waals surface area contributed by atoms with E-state index in [0.29, 0.717) is 28.4 Å². The van der Waals surface area contributed by atoms with Crippen molar-refractivity contribution >= 4 is 34.8 Å². The number of nitrogens with one attached hydrogen (secondary N) is 2. The van der Waals surface area contributed by atoms with Crippen molar-refractivity contribution in [2.75, 3.05) is 5.32 Å². The highest BCUT2D eigenvalue weighted by atomic mass is 35.5. The molecule has 3 aromatic rings. The average Bonchev–Trinajstić information content (AvgIpc) is 2.56. The first-order chi connectivity index (χ1) is 11.9. The van der Waals surface area contributed by atoms with Gasteiger partial charge in [0.1, 0.15) is 5.82 Å². The number of halogens is 3. The van der Waals surface area contributed by atoms with Gasteiger partial charge in [-0.15, -0.1) is 0 Å². The summed E-state index contributed by atoms with van der Waals surface area (Å²) in [4.78, 5) is 19.5. The number of aromatic amines is 1. The summed E-state index contributed by atoms with van der Waals surface area (Å²) in [6, 6.07) is 11.5. The number of H-pyrrole nitrogens is 1. The summed E-state index contributed by atoms with van der Waals surface area (Å²) >= 11 is 11.6. The third kappa shape index (κ3) is 4.18. The lowest BCUT2D eigenvalue weighted by molar-refractivity contribution is 0.628. The Hall–Kier alpha value is -2.37. The van der Waals surface area contributed by atoms with Crippen LogP contribution in [0.1, 0.15) is 16.8 Å². The van der Waals surface area contributed by atoms with Crippen molar-refractivity contribution in [1.82, 2.24) is 9.97 Å². The minimum atomic E-state index is -0.511. The average molecular weight is 378 g/mol. The number of rotatable bonds is 4. The molecule has 0 aliphatic carbocycles. The Morgan fingerprint density at radius 2 is 1.88 bits per heavy atom. The largest absolute Gasteiger partial charge is 0.326 e. The van der Waals surface area contributed by atoms with E-state index in [4.69, 9.17) is 23.2 Å². The highest BCUT2D eigenvalue weighted by Gasteiger charge is 2.10. The van der Waals surface area contributed by atoms with Crippen LogP contribution in [0.15, 0.2) is 47.3 Å². The molecule has 25 heavy (non-hydrogen) atoms. The zero-order valence-electron chi connectivity index (χ0n) is 13.2. The molecule has 4 nitrogen and oxygen atoms in total. The van der Waals surface area contributed by atoms with Gasteiger partial charge in [0.05, 0.1) is 10.7 Å². The number of hydrogen-bond acceptors (Lipinski definition) is 3. The van der Waals surface area contributed by atoms with Gasteiger partial charge < -0.3 is 5.32 Å². The molecule has 0 unspecified atom stereocenters. The molecule has 1 heterocycles. The van der Waals surface area contributed by atoms with Gasteiger partial charge in [0.2, 0.25) is 5.95 Å². The number of hydrogen-bond donors (Lipinski definition) is 2. The van der Waals surface area contributed by atoms with E-state index in [9.17, 15) is 9.18 Å². The van der Waals surface area contributed by atoms with Gasteiger partial charge in [0.15, 0.2) is 0 Å². The van der Waals surface area contributed by atoms with E-state index in [1.54, 1.807) is 19.1 Å². The summed E-state index contributed by atoms with van der Waals surface area (Å²) in [5, 5.41) is 3.55. The van der Waals surface area contributed by atoms with Crippen molar-refractivity contribution in [3.05, 3.63) is 85.5 Å². The van der Waals surface area contributed by atoms with Crippen LogP contribution >= 0.6 is 23.2 Å². The van der Waals surface area contributed by atoms with Crippen LogP contribution in [0.2, 0.25) is 10.0 Å². The van der Waals surface area contributed by atoms with Gasteiger partial charge in [-0.25, -0.2) is 9.37 Å². The molecule has 0 bridgehead atoms. The van der Waals surface area contributed by atoms with E-state index in [-0.39, 0.29) is 16.5 Å². The molecule has 2 aromatic carbocycles. The molecule has 7 heteroatoms. The molecule has 0 atom stereocenters. The zero-order chi connectivity index (χ0) is 18.0. The number of aromatic nitrogens is 2. The van der Waals surface area contributed by atoms with Crippen LogP contribution in [0.3, 0.4) is 0 Å². The predicted molar refractivity (Wildman–Crippen MR) is 98.5 cm³/mol. The predicted octanol–water partition coefficient (Wildman–Crippen LogP) is 4.86. The fourth-order valence-corrected chi connectivity index (χ4v) is 2.70. The normalized spacial score (nSPS) is 10.7. The number of aryl methyl sites for hydroxylation is 1. The van der Waals surface area contributed by atoms with E-state index >= 15 is 0 Å². The second-order valence-electron chi connectivity index (χ2n) is 5.54. The fourth-order valence-electron chi connectivity index (χ4n) is 2.39. The van der Waals surface area contributed by atoms with Crippen molar-refractivity contribution in [2.24, 2.45) is 0 Å². The Morgan fingerprint density at radius 1 is 1.16 bits per heavy atom. The van der Waals surface area contributed by atoms with Gasteiger partial charge in [-0.1, -0.05) is 35.3 Å². The second kappa shape index (κ2) is 7.25. The van der Waals surface area contributed by atoms with Crippen LogP contribution < -0.4 is 10.9 Å². The van der Waals surface area contributed by atoms with Crippen LogP contribution in [0, 0.1) is 12.7 Å². The monoisotopic (exact) mass is 377 g/mol. The SMILES string of the molecule is Cc1nc(Nc2ccc(F)c(Cl)c2)[nH]c(=O)c1Cc1ccc(Cl)cc1. The van der Waals surface area contributed by atoms with E-state index in [2.05, 4.69) is 15.3 Å². The van der Waals surface area contributed by atoms with Gasteiger partial charge in [-0.05, 0) is 42.8 Å². The first-order valence-corrected chi connectivity index (χ1v) is 8.24.